The van der Waals surface area contributed by atoms with E-state index in [0.29, 0.717) is 13.1 Å². The number of hydrogen-bond acceptors (Lipinski definition) is 2. The first-order valence-electron chi connectivity index (χ1n) is 4.70. The largest absolute Gasteiger partial charge is 0.347 e. The van der Waals surface area contributed by atoms with Crippen LogP contribution >= 0.6 is 0 Å². The Hall–Kier alpha value is -1.06. The summed E-state index contributed by atoms with van der Waals surface area (Å²) in [7, 11) is 3.45. The molecular formula is C10H20N2O2. The van der Waals surface area contributed by atoms with E-state index < -0.39 is 0 Å². The van der Waals surface area contributed by atoms with E-state index in [2.05, 4.69) is 0 Å². The van der Waals surface area contributed by atoms with Gasteiger partial charge in [0.1, 0.15) is 0 Å². The van der Waals surface area contributed by atoms with Crippen LogP contribution in [-0.4, -0.2) is 49.3 Å². The molecule has 0 heterocycles. The van der Waals surface area contributed by atoms with E-state index in [1.165, 1.54) is 4.90 Å². The highest BCUT2D eigenvalue weighted by Gasteiger charge is 2.24. The summed E-state index contributed by atoms with van der Waals surface area (Å²) in [5, 5.41) is 0. The summed E-state index contributed by atoms with van der Waals surface area (Å²) >= 11 is 0. The van der Waals surface area contributed by atoms with Gasteiger partial charge in [-0.1, -0.05) is 20.8 Å². The molecule has 0 aromatic rings. The van der Waals surface area contributed by atoms with Crippen molar-refractivity contribution in [1.29, 1.82) is 0 Å². The maximum Gasteiger partial charge on any atom is 0.227 e. The monoisotopic (exact) mass is 200 g/mol. The fourth-order valence-corrected chi connectivity index (χ4v) is 1.03. The van der Waals surface area contributed by atoms with Gasteiger partial charge >= 0.3 is 0 Å². The van der Waals surface area contributed by atoms with Crippen LogP contribution in [0.3, 0.4) is 0 Å². The van der Waals surface area contributed by atoms with Crippen molar-refractivity contribution in [3.63, 3.8) is 0 Å². The second kappa shape index (κ2) is 4.98. The second-order valence-corrected chi connectivity index (χ2v) is 4.56. The molecule has 0 aliphatic rings. The number of amides is 2. The van der Waals surface area contributed by atoms with Gasteiger partial charge in [0.05, 0.1) is 0 Å². The average molecular weight is 200 g/mol. The predicted molar refractivity (Wildman–Crippen MR) is 55.8 cm³/mol. The molecule has 82 valence electrons. The Morgan fingerprint density at radius 3 is 2.07 bits per heavy atom. The lowest BCUT2D eigenvalue weighted by Gasteiger charge is -2.26. The van der Waals surface area contributed by atoms with Crippen LogP contribution < -0.4 is 0 Å². The Bertz CT molecular complexity index is 209. The second-order valence-electron chi connectivity index (χ2n) is 4.56. The number of carbonyl (C=O) groups excluding carboxylic acids is 2. The molecule has 0 rings (SSSR count). The summed E-state index contributed by atoms with van der Waals surface area (Å²) in [5.41, 5.74) is -0.353. The SMILES string of the molecule is CN(C=O)CCN(C)C(=O)C(C)(C)C. The molecule has 0 radical (unpaired) electrons. The molecule has 14 heavy (non-hydrogen) atoms. The Morgan fingerprint density at radius 2 is 1.71 bits per heavy atom. The molecule has 0 aliphatic carbocycles. The van der Waals surface area contributed by atoms with Crippen LogP contribution in [0, 0.1) is 5.41 Å². The van der Waals surface area contributed by atoms with Crippen molar-refractivity contribution in [2.75, 3.05) is 27.2 Å². The summed E-state index contributed by atoms with van der Waals surface area (Å²) in [5.74, 6) is 0.0943. The Labute approximate surface area is 85.9 Å². The normalized spacial score (nSPS) is 10.9. The number of carbonyl (C=O) groups is 2. The highest BCUT2D eigenvalue weighted by Crippen LogP contribution is 2.15. The van der Waals surface area contributed by atoms with Crippen molar-refractivity contribution in [2.24, 2.45) is 5.41 Å². The fraction of sp³-hybridized carbons (Fsp3) is 0.800. The van der Waals surface area contributed by atoms with Crippen LogP contribution in [0.15, 0.2) is 0 Å². The van der Waals surface area contributed by atoms with Crippen molar-refractivity contribution in [1.82, 2.24) is 9.80 Å². The Morgan fingerprint density at radius 1 is 1.21 bits per heavy atom. The molecule has 0 saturated heterocycles. The molecule has 0 aliphatic heterocycles. The first kappa shape index (κ1) is 12.9. The third-order valence-electron chi connectivity index (χ3n) is 1.96. The lowest BCUT2D eigenvalue weighted by Crippen LogP contribution is -2.40. The summed E-state index contributed by atoms with van der Waals surface area (Å²) in [6.07, 6.45) is 0.759. The minimum Gasteiger partial charge on any atom is -0.347 e. The highest BCUT2D eigenvalue weighted by molar-refractivity contribution is 5.81. The summed E-state index contributed by atoms with van der Waals surface area (Å²) in [6.45, 7) is 6.80. The molecular weight excluding hydrogens is 180 g/mol. The highest BCUT2D eigenvalue weighted by atomic mass is 16.2. The number of nitrogens with zero attached hydrogens (tertiary/aromatic N) is 2. The van der Waals surface area contributed by atoms with E-state index >= 15 is 0 Å². The van der Waals surface area contributed by atoms with Gasteiger partial charge in [0.25, 0.3) is 0 Å². The summed E-state index contributed by atoms with van der Waals surface area (Å²) < 4.78 is 0. The molecule has 0 fully saturated rings. The van der Waals surface area contributed by atoms with Gasteiger partial charge in [0.15, 0.2) is 0 Å². The number of rotatable bonds is 4. The van der Waals surface area contributed by atoms with E-state index in [-0.39, 0.29) is 11.3 Å². The van der Waals surface area contributed by atoms with Crippen LogP contribution in [0.2, 0.25) is 0 Å². The minimum absolute atomic E-state index is 0.0943. The molecule has 0 aromatic heterocycles. The van der Waals surface area contributed by atoms with Crippen molar-refractivity contribution in [3.05, 3.63) is 0 Å². The van der Waals surface area contributed by atoms with Gasteiger partial charge < -0.3 is 9.80 Å². The lowest BCUT2D eigenvalue weighted by molar-refractivity contribution is -0.138. The van der Waals surface area contributed by atoms with Crippen LogP contribution in [0.1, 0.15) is 20.8 Å². The van der Waals surface area contributed by atoms with Gasteiger partial charge in [-0.05, 0) is 0 Å². The first-order valence-corrected chi connectivity index (χ1v) is 4.70. The molecule has 4 heteroatoms. The van der Waals surface area contributed by atoms with Gasteiger partial charge in [-0.15, -0.1) is 0 Å². The van der Waals surface area contributed by atoms with E-state index in [4.69, 9.17) is 0 Å². The van der Waals surface area contributed by atoms with Crippen molar-refractivity contribution in [3.8, 4) is 0 Å². The van der Waals surface area contributed by atoms with Crippen molar-refractivity contribution < 1.29 is 9.59 Å². The van der Waals surface area contributed by atoms with E-state index in [1.54, 1.807) is 19.0 Å². The number of likely N-dealkylation sites (N-methyl/N-ethyl adjacent to an activating group) is 2. The topological polar surface area (TPSA) is 40.6 Å². The molecule has 0 bridgehead atoms. The standard InChI is InChI=1S/C10H20N2O2/c1-10(2,3)9(14)12(5)7-6-11(4)8-13/h8H,6-7H2,1-5H3. The molecule has 0 N–H and O–H groups in total. The molecule has 0 spiro atoms. The molecule has 0 aromatic carbocycles. The Balaban J connectivity index is 4.03. The zero-order valence-corrected chi connectivity index (χ0v) is 9.70. The molecule has 2 amide bonds. The van der Waals surface area contributed by atoms with Crippen molar-refractivity contribution in [2.45, 2.75) is 20.8 Å². The van der Waals surface area contributed by atoms with Crippen LogP contribution in [0.25, 0.3) is 0 Å². The van der Waals surface area contributed by atoms with Gasteiger partial charge in [0.2, 0.25) is 12.3 Å². The minimum atomic E-state index is -0.353. The molecule has 0 saturated carbocycles. The van der Waals surface area contributed by atoms with Gasteiger partial charge in [0, 0.05) is 32.6 Å². The summed E-state index contributed by atoms with van der Waals surface area (Å²) in [4.78, 5) is 25.2. The van der Waals surface area contributed by atoms with Crippen molar-refractivity contribution >= 4 is 12.3 Å². The third-order valence-corrected chi connectivity index (χ3v) is 1.96. The lowest BCUT2D eigenvalue weighted by atomic mass is 9.95. The van der Waals surface area contributed by atoms with Gasteiger partial charge in [-0.25, -0.2) is 0 Å². The first-order chi connectivity index (χ1) is 6.29. The average Bonchev–Trinajstić information content (AvgIpc) is 2.10. The zero-order chi connectivity index (χ0) is 11.4. The molecule has 4 nitrogen and oxygen atoms in total. The van der Waals surface area contributed by atoms with E-state index in [1.807, 2.05) is 20.8 Å². The predicted octanol–water partition coefficient (Wildman–Crippen LogP) is 0.579. The maximum absolute atomic E-state index is 11.7. The molecule has 0 unspecified atom stereocenters. The van der Waals surface area contributed by atoms with Gasteiger partial charge in [-0.2, -0.15) is 0 Å². The summed E-state index contributed by atoms with van der Waals surface area (Å²) in [6, 6.07) is 0. The van der Waals surface area contributed by atoms with E-state index in [9.17, 15) is 9.59 Å². The fourth-order valence-electron chi connectivity index (χ4n) is 1.03. The quantitative estimate of drug-likeness (QED) is 0.623. The van der Waals surface area contributed by atoms with Gasteiger partial charge in [-0.3, -0.25) is 9.59 Å². The van der Waals surface area contributed by atoms with Crippen LogP contribution in [0.4, 0.5) is 0 Å². The zero-order valence-electron chi connectivity index (χ0n) is 9.70. The van der Waals surface area contributed by atoms with Crippen LogP contribution in [0.5, 0.6) is 0 Å². The van der Waals surface area contributed by atoms with Crippen LogP contribution in [-0.2, 0) is 9.59 Å². The number of hydrogen-bond donors (Lipinski definition) is 0. The maximum atomic E-state index is 11.7. The Kier molecular flexibility index (Phi) is 4.60. The molecule has 0 atom stereocenters. The van der Waals surface area contributed by atoms with E-state index in [0.717, 1.165) is 6.41 Å². The smallest absolute Gasteiger partial charge is 0.227 e. The third kappa shape index (κ3) is 4.25.